The van der Waals surface area contributed by atoms with E-state index in [1.807, 2.05) is 20.8 Å². The largest absolute Gasteiger partial charge is 0.352 e. The van der Waals surface area contributed by atoms with Crippen LogP contribution in [0.1, 0.15) is 37.6 Å². The highest BCUT2D eigenvalue weighted by molar-refractivity contribution is 8.13. The van der Waals surface area contributed by atoms with Crippen molar-refractivity contribution < 1.29 is 14.4 Å². The number of aldehydes is 1. The van der Waals surface area contributed by atoms with Crippen LogP contribution in [0, 0.1) is 0 Å². The molecule has 0 aromatic heterocycles. The zero-order chi connectivity index (χ0) is 16.8. The summed E-state index contributed by atoms with van der Waals surface area (Å²) in [7, 11) is 0. The van der Waals surface area contributed by atoms with Crippen molar-refractivity contribution in [2.45, 2.75) is 37.6 Å². The van der Waals surface area contributed by atoms with E-state index in [-0.39, 0.29) is 29.7 Å². The first-order chi connectivity index (χ1) is 10.2. The minimum atomic E-state index is -0.365. The average molecular weight is 343 g/mol. The van der Waals surface area contributed by atoms with E-state index < -0.39 is 0 Å². The van der Waals surface area contributed by atoms with Crippen LogP contribution in [0.15, 0.2) is 23.1 Å². The molecule has 0 saturated heterocycles. The highest BCUT2D eigenvalue weighted by Crippen LogP contribution is 2.27. The first-order valence-electron chi connectivity index (χ1n) is 6.74. The van der Waals surface area contributed by atoms with Crippen LogP contribution in [0.5, 0.6) is 0 Å². The summed E-state index contributed by atoms with van der Waals surface area (Å²) in [4.78, 5) is 34.9. The molecule has 2 amide bonds. The van der Waals surface area contributed by atoms with Gasteiger partial charge in [-0.25, -0.2) is 0 Å². The van der Waals surface area contributed by atoms with Crippen molar-refractivity contribution in [3.63, 3.8) is 0 Å². The van der Waals surface area contributed by atoms with Gasteiger partial charge >= 0.3 is 0 Å². The minimum Gasteiger partial charge on any atom is -0.352 e. The monoisotopic (exact) mass is 342 g/mol. The first kappa shape index (κ1) is 18.5. The number of hydrogen-bond donors (Lipinski definition) is 2. The van der Waals surface area contributed by atoms with E-state index >= 15 is 0 Å². The number of hydrogen-bond acceptors (Lipinski definition) is 4. The summed E-state index contributed by atoms with van der Waals surface area (Å²) in [5.41, 5.74) is -0.0458. The predicted molar refractivity (Wildman–Crippen MR) is 88.6 cm³/mol. The molecule has 1 aromatic carbocycles. The summed E-state index contributed by atoms with van der Waals surface area (Å²) in [6.07, 6.45) is 0.962. The van der Waals surface area contributed by atoms with Gasteiger partial charge < -0.3 is 15.4 Å². The lowest BCUT2D eigenvalue weighted by Crippen LogP contribution is -2.38. The molecule has 0 aliphatic carbocycles. The van der Waals surface area contributed by atoms with Crippen molar-refractivity contribution in [1.29, 1.82) is 0 Å². The molecule has 22 heavy (non-hydrogen) atoms. The maximum atomic E-state index is 12.1. The molecule has 0 spiro atoms. The Morgan fingerprint density at radius 1 is 1.32 bits per heavy atom. The normalized spacial score (nSPS) is 10.9. The number of benzene rings is 1. The van der Waals surface area contributed by atoms with Gasteiger partial charge in [0.1, 0.15) is 6.29 Å². The van der Waals surface area contributed by atoms with Gasteiger partial charge in [0.15, 0.2) is 0 Å². The standard InChI is InChI=1S/C15H19ClN2O3S/c1-15(2,3)18-14(21)22-12-6-5-10(16)9-11(12)13(20)17-7-4-8-19/h5-6,8-9H,4,7H2,1-3H3,(H,17,20)(H,18,21). The Bertz CT molecular complexity index is 570. The highest BCUT2D eigenvalue weighted by Gasteiger charge is 2.18. The topological polar surface area (TPSA) is 75.3 Å². The summed E-state index contributed by atoms with van der Waals surface area (Å²) < 4.78 is 0. The van der Waals surface area contributed by atoms with Crippen LogP contribution in [0.3, 0.4) is 0 Å². The number of rotatable bonds is 5. The van der Waals surface area contributed by atoms with Crippen LogP contribution >= 0.6 is 23.4 Å². The van der Waals surface area contributed by atoms with Gasteiger partial charge in [-0.3, -0.25) is 9.59 Å². The molecule has 0 aliphatic heterocycles. The fourth-order valence-electron chi connectivity index (χ4n) is 1.54. The average Bonchev–Trinajstić information content (AvgIpc) is 2.38. The van der Waals surface area contributed by atoms with Crippen LogP contribution in [-0.4, -0.2) is 29.5 Å². The molecule has 0 fully saturated rings. The van der Waals surface area contributed by atoms with E-state index in [0.29, 0.717) is 15.5 Å². The second kappa shape index (κ2) is 8.19. The summed E-state index contributed by atoms with van der Waals surface area (Å²) in [5.74, 6) is -0.365. The molecule has 7 heteroatoms. The van der Waals surface area contributed by atoms with Gasteiger partial charge in [-0.05, 0) is 50.7 Å². The lowest BCUT2D eigenvalue weighted by atomic mass is 10.1. The zero-order valence-corrected chi connectivity index (χ0v) is 14.3. The second-order valence-corrected chi connectivity index (χ2v) is 7.07. The maximum Gasteiger partial charge on any atom is 0.284 e. The van der Waals surface area contributed by atoms with Gasteiger partial charge in [-0.15, -0.1) is 0 Å². The van der Waals surface area contributed by atoms with Crippen LogP contribution in [-0.2, 0) is 4.79 Å². The fraction of sp³-hybridized carbons (Fsp3) is 0.400. The predicted octanol–water partition coefficient (Wildman–Crippen LogP) is 3.26. The number of halogens is 1. The van der Waals surface area contributed by atoms with Crippen LogP contribution in [0.4, 0.5) is 4.79 Å². The SMILES string of the molecule is CC(C)(C)NC(=O)Sc1ccc(Cl)cc1C(=O)NCCC=O. The van der Waals surface area contributed by atoms with Gasteiger partial charge in [0.05, 0.1) is 5.56 Å². The lowest BCUT2D eigenvalue weighted by molar-refractivity contribution is -0.107. The Hall–Kier alpha value is -1.53. The molecule has 2 N–H and O–H groups in total. The summed E-state index contributed by atoms with van der Waals surface area (Å²) in [6.45, 7) is 5.87. The Labute approximate surface area is 139 Å². The summed E-state index contributed by atoms with van der Waals surface area (Å²) >= 11 is 6.85. The number of nitrogens with one attached hydrogen (secondary N) is 2. The molecule has 5 nitrogen and oxygen atoms in total. The molecule has 1 aromatic rings. The van der Waals surface area contributed by atoms with Gasteiger partial charge in [0.2, 0.25) is 0 Å². The van der Waals surface area contributed by atoms with Crippen molar-refractivity contribution in [1.82, 2.24) is 10.6 Å². The van der Waals surface area contributed by atoms with Crippen molar-refractivity contribution >= 4 is 40.8 Å². The molecule has 0 aliphatic rings. The van der Waals surface area contributed by atoms with Crippen molar-refractivity contribution in [3.8, 4) is 0 Å². The first-order valence-corrected chi connectivity index (χ1v) is 7.94. The van der Waals surface area contributed by atoms with Gasteiger partial charge in [0.25, 0.3) is 11.1 Å². The lowest BCUT2D eigenvalue weighted by Gasteiger charge is -2.20. The molecule has 0 radical (unpaired) electrons. The fourth-order valence-corrected chi connectivity index (χ4v) is 2.67. The van der Waals surface area contributed by atoms with E-state index in [1.165, 1.54) is 6.07 Å². The van der Waals surface area contributed by atoms with Crippen molar-refractivity contribution in [2.24, 2.45) is 0 Å². The third-order valence-electron chi connectivity index (χ3n) is 2.41. The molecule has 120 valence electrons. The summed E-state index contributed by atoms with van der Waals surface area (Å²) in [6, 6.07) is 4.75. The second-order valence-electron chi connectivity index (χ2n) is 5.62. The molecule has 1 rings (SSSR count). The minimum absolute atomic E-state index is 0.235. The van der Waals surface area contributed by atoms with Crippen LogP contribution < -0.4 is 10.6 Å². The maximum absolute atomic E-state index is 12.1. The van der Waals surface area contributed by atoms with Crippen LogP contribution in [0.25, 0.3) is 0 Å². The van der Waals surface area contributed by atoms with Crippen molar-refractivity contribution in [2.75, 3.05) is 6.54 Å². The van der Waals surface area contributed by atoms with E-state index in [2.05, 4.69) is 10.6 Å². The number of thioether (sulfide) groups is 1. The van der Waals surface area contributed by atoms with E-state index in [1.54, 1.807) is 12.1 Å². The number of carbonyl (C=O) groups is 3. The Morgan fingerprint density at radius 3 is 2.59 bits per heavy atom. The zero-order valence-electron chi connectivity index (χ0n) is 12.7. The molecule has 0 bridgehead atoms. The van der Waals surface area contributed by atoms with Gasteiger partial charge in [-0.1, -0.05) is 11.6 Å². The third-order valence-corrected chi connectivity index (χ3v) is 3.51. The van der Waals surface area contributed by atoms with Gasteiger partial charge in [-0.2, -0.15) is 0 Å². The summed E-state index contributed by atoms with van der Waals surface area (Å²) in [5, 5.41) is 5.58. The number of amides is 2. The van der Waals surface area contributed by atoms with E-state index in [9.17, 15) is 14.4 Å². The third kappa shape index (κ3) is 6.49. The number of carbonyl (C=O) groups excluding carboxylic acids is 3. The Balaban J connectivity index is 2.88. The highest BCUT2D eigenvalue weighted by atomic mass is 35.5. The van der Waals surface area contributed by atoms with Crippen LogP contribution in [0.2, 0.25) is 5.02 Å². The van der Waals surface area contributed by atoms with Crippen molar-refractivity contribution in [3.05, 3.63) is 28.8 Å². The van der Waals surface area contributed by atoms with Gasteiger partial charge in [0, 0.05) is 28.4 Å². The smallest absolute Gasteiger partial charge is 0.284 e. The molecule has 0 heterocycles. The molecule has 0 atom stereocenters. The van der Waals surface area contributed by atoms with E-state index in [0.717, 1.165) is 18.0 Å². The molecular weight excluding hydrogens is 324 g/mol. The molecule has 0 unspecified atom stereocenters. The molecule has 0 saturated carbocycles. The quantitative estimate of drug-likeness (QED) is 0.489. The Morgan fingerprint density at radius 2 is 2.00 bits per heavy atom. The molecular formula is C15H19ClN2O3S. The Kier molecular flexibility index (Phi) is 6.90. The van der Waals surface area contributed by atoms with E-state index in [4.69, 9.17) is 11.6 Å².